The third-order valence-corrected chi connectivity index (χ3v) is 3.14. The van der Waals surface area contributed by atoms with Crippen LogP contribution in [0.25, 0.3) is 0 Å². The Morgan fingerprint density at radius 2 is 1.71 bits per heavy atom. The van der Waals surface area contributed by atoms with Crippen molar-refractivity contribution < 1.29 is 9.59 Å². The zero-order chi connectivity index (χ0) is 12.7. The fourth-order valence-corrected chi connectivity index (χ4v) is 2.06. The fraction of sp³-hybridized carbons (Fsp3) is 0.833. The molecule has 98 valence electrons. The standard InChI is InChI=1S/C12H23N3O2/c1-11(16)14-7-4-8-15(10-9-14)12(17)5-2-3-6-13/h2-10,13H2,1H3. The van der Waals surface area contributed by atoms with Gasteiger partial charge in [-0.2, -0.15) is 0 Å². The van der Waals surface area contributed by atoms with Crippen LogP contribution < -0.4 is 5.73 Å². The molecule has 0 unspecified atom stereocenters. The van der Waals surface area contributed by atoms with Crippen molar-refractivity contribution in [3.05, 3.63) is 0 Å². The molecule has 1 saturated heterocycles. The smallest absolute Gasteiger partial charge is 0.222 e. The highest BCUT2D eigenvalue weighted by Crippen LogP contribution is 2.07. The summed E-state index contributed by atoms with van der Waals surface area (Å²) >= 11 is 0. The van der Waals surface area contributed by atoms with Gasteiger partial charge in [0.05, 0.1) is 0 Å². The van der Waals surface area contributed by atoms with Crippen molar-refractivity contribution in [2.75, 3.05) is 32.7 Å². The first-order chi connectivity index (χ1) is 8.15. The molecule has 1 fully saturated rings. The van der Waals surface area contributed by atoms with Crippen LogP contribution >= 0.6 is 0 Å². The van der Waals surface area contributed by atoms with Gasteiger partial charge in [-0.1, -0.05) is 0 Å². The van der Waals surface area contributed by atoms with E-state index in [2.05, 4.69) is 0 Å². The molecule has 5 heteroatoms. The van der Waals surface area contributed by atoms with E-state index >= 15 is 0 Å². The molecule has 0 aliphatic carbocycles. The zero-order valence-corrected chi connectivity index (χ0v) is 10.7. The average molecular weight is 241 g/mol. The summed E-state index contributed by atoms with van der Waals surface area (Å²) in [6, 6.07) is 0. The summed E-state index contributed by atoms with van der Waals surface area (Å²) in [5.41, 5.74) is 5.40. The molecule has 1 aliphatic rings. The number of hydrogen-bond donors (Lipinski definition) is 1. The van der Waals surface area contributed by atoms with E-state index in [1.807, 2.05) is 9.80 Å². The number of nitrogens with zero attached hydrogens (tertiary/aromatic N) is 2. The Kier molecular flexibility index (Phi) is 5.97. The molecule has 1 heterocycles. The largest absolute Gasteiger partial charge is 0.341 e. The van der Waals surface area contributed by atoms with Crippen LogP contribution in [0.3, 0.4) is 0 Å². The Balaban J connectivity index is 2.34. The van der Waals surface area contributed by atoms with Crippen molar-refractivity contribution in [2.45, 2.75) is 32.6 Å². The van der Waals surface area contributed by atoms with Gasteiger partial charge in [0.1, 0.15) is 0 Å². The normalized spacial score (nSPS) is 16.8. The van der Waals surface area contributed by atoms with Crippen LogP contribution in [0.1, 0.15) is 32.6 Å². The minimum absolute atomic E-state index is 0.0995. The molecule has 0 aromatic heterocycles. The maximum atomic E-state index is 11.9. The highest BCUT2D eigenvalue weighted by molar-refractivity contribution is 5.76. The number of nitrogens with two attached hydrogens (primary N) is 1. The van der Waals surface area contributed by atoms with Crippen LogP contribution in [0.2, 0.25) is 0 Å². The molecule has 17 heavy (non-hydrogen) atoms. The molecule has 0 radical (unpaired) electrons. The molecule has 0 atom stereocenters. The van der Waals surface area contributed by atoms with Gasteiger partial charge in [0, 0.05) is 39.5 Å². The first kappa shape index (κ1) is 14.0. The second-order valence-corrected chi connectivity index (χ2v) is 4.49. The molecule has 1 aliphatic heterocycles. The SMILES string of the molecule is CC(=O)N1CCCN(C(=O)CCCCN)CC1. The summed E-state index contributed by atoms with van der Waals surface area (Å²) in [5, 5.41) is 0. The van der Waals surface area contributed by atoms with E-state index in [9.17, 15) is 9.59 Å². The van der Waals surface area contributed by atoms with E-state index in [4.69, 9.17) is 5.73 Å². The molecule has 0 spiro atoms. The second kappa shape index (κ2) is 7.27. The van der Waals surface area contributed by atoms with Crippen molar-refractivity contribution in [1.82, 2.24) is 9.80 Å². The first-order valence-electron chi connectivity index (χ1n) is 6.38. The van der Waals surface area contributed by atoms with Crippen LogP contribution in [0, 0.1) is 0 Å². The Bertz CT molecular complexity index is 268. The topological polar surface area (TPSA) is 66.6 Å². The summed E-state index contributed by atoms with van der Waals surface area (Å²) in [5.74, 6) is 0.297. The van der Waals surface area contributed by atoms with Crippen molar-refractivity contribution in [3.63, 3.8) is 0 Å². The molecular weight excluding hydrogens is 218 g/mol. The van der Waals surface area contributed by atoms with Crippen molar-refractivity contribution in [1.29, 1.82) is 0 Å². The Morgan fingerprint density at radius 3 is 2.35 bits per heavy atom. The van der Waals surface area contributed by atoms with E-state index in [0.717, 1.165) is 32.4 Å². The monoisotopic (exact) mass is 241 g/mol. The van der Waals surface area contributed by atoms with Crippen LogP contribution in [-0.2, 0) is 9.59 Å². The summed E-state index contributed by atoms with van der Waals surface area (Å²) < 4.78 is 0. The van der Waals surface area contributed by atoms with E-state index < -0.39 is 0 Å². The summed E-state index contributed by atoms with van der Waals surface area (Å²) in [6.45, 7) is 5.09. The lowest BCUT2D eigenvalue weighted by Gasteiger charge is -2.21. The van der Waals surface area contributed by atoms with Crippen molar-refractivity contribution >= 4 is 11.8 Å². The third-order valence-electron chi connectivity index (χ3n) is 3.14. The number of unbranched alkanes of at least 4 members (excludes halogenated alkanes) is 1. The van der Waals surface area contributed by atoms with Gasteiger partial charge in [-0.15, -0.1) is 0 Å². The van der Waals surface area contributed by atoms with Gasteiger partial charge in [0.25, 0.3) is 0 Å². The number of carbonyl (C=O) groups is 2. The maximum absolute atomic E-state index is 11.9. The molecule has 2 N–H and O–H groups in total. The van der Waals surface area contributed by atoms with Crippen molar-refractivity contribution in [3.8, 4) is 0 Å². The Labute approximate surface area is 103 Å². The highest BCUT2D eigenvalue weighted by atomic mass is 16.2. The molecular formula is C12H23N3O2. The summed E-state index contributed by atoms with van der Waals surface area (Å²) in [4.78, 5) is 26.8. The molecule has 0 saturated carbocycles. The molecule has 2 amide bonds. The van der Waals surface area contributed by atoms with Crippen molar-refractivity contribution in [2.24, 2.45) is 5.73 Å². The molecule has 5 nitrogen and oxygen atoms in total. The van der Waals surface area contributed by atoms with Crippen LogP contribution in [0.5, 0.6) is 0 Å². The first-order valence-corrected chi connectivity index (χ1v) is 6.38. The number of carbonyl (C=O) groups excluding carboxylic acids is 2. The van der Waals surface area contributed by atoms with E-state index in [0.29, 0.717) is 26.1 Å². The predicted molar refractivity (Wildman–Crippen MR) is 66.4 cm³/mol. The van der Waals surface area contributed by atoms with Gasteiger partial charge in [0.2, 0.25) is 11.8 Å². The lowest BCUT2D eigenvalue weighted by atomic mass is 10.2. The molecule has 0 aromatic carbocycles. The minimum Gasteiger partial charge on any atom is -0.341 e. The molecule has 0 bridgehead atoms. The lowest BCUT2D eigenvalue weighted by Crippen LogP contribution is -2.36. The number of amides is 2. The van der Waals surface area contributed by atoms with Gasteiger partial charge in [-0.05, 0) is 25.8 Å². The van der Waals surface area contributed by atoms with E-state index in [1.54, 1.807) is 6.92 Å². The molecule has 1 rings (SSSR count). The fourth-order valence-electron chi connectivity index (χ4n) is 2.06. The number of rotatable bonds is 4. The average Bonchev–Trinajstić information content (AvgIpc) is 2.54. The van der Waals surface area contributed by atoms with E-state index in [1.165, 1.54) is 0 Å². The second-order valence-electron chi connectivity index (χ2n) is 4.49. The maximum Gasteiger partial charge on any atom is 0.222 e. The zero-order valence-electron chi connectivity index (χ0n) is 10.7. The quantitative estimate of drug-likeness (QED) is 0.715. The van der Waals surface area contributed by atoms with E-state index in [-0.39, 0.29) is 11.8 Å². The minimum atomic E-state index is 0.0995. The van der Waals surface area contributed by atoms with Gasteiger partial charge in [-0.3, -0.25) is 9.59 Å². The Morgan fingerprint density at radius 1 is 1.06 bits per heavy atom. The third kappa shape index (κ3) is 4.73. The summed E-state index contributed by atoms with van der Waals surface area (Å²) in [6.07, 6.45) is 3.22. The summed E-state index contributed by atoms with van der Waals surface area (Å²) in [7, 11) is 0. The van der Waals surface area contributed by atoms with Crippen LogP contribution in [0.4, 0.5) is 0 Å². The number of hydrogen-bond acceptors (Lipinski definition) is 3. The molecule has 0 aromatic rings. The van der Waals surface area contributed by atoms with Gasteiger partial charge in [0.15, 0.2) is 0 Å². The van der Waals surface area contributed by atoms with Crippen LogP contribution in [-0.4, -0.2) is 54.3 Å². The van der Waals surface area contributed by atoms with Gasteiger partial charge < -0.3 is 15.5 Å². The highest BCUT2D eigenvalue weighted by Gasteiger charge is 2.19. The van der Waals surface area contributed by atoms with Gasteiger partial charge >= 0.3 is 0 Å². The van der Waals surface area contributed by atoms with Gasteiger partial charge in [-0.25, -0.2) is 0 Å². The van der Waals surface area contributed by atoms with Crippen LogP contribution in [0.15, 0.2) is 0 Å². The lowest BCUT2D eigenvalue weighted by molar-refractivity contribution is -0.132. The predicted octanol–water partition coefficient (Wildman–Crippen LogP) is 0.196. The Hall–Kier alpha value is -1.10.